The van der Waals surface area contributed by atoms with Gasteiger partial charge in [-0.25, -0.2) is 0 Å². The van der Waals surface area contributed by atoms with Gasteiger partial charge in [0.2, 0.25) is 0 Å². The smallest absolute Gasteiger partial charge is 0.313 e. The highest BCUT2D eigenvalue weighted by Crippen LogP contribution is 2.39. The van der Waals surface area contributed by atoms with Crippen LogP contribution >= 0.6 is 12.4 Å². The van der Waals surface area contributed by atoms with E-state index in [2.05, 4.69) is 5.32 Å². The standard InChI is InChI=1S/C10H13NO2.ClH/c1-10(9(12)13)4-2-3-7-5-11-6-8(7)10;/h2-4,8,11H,5-6H2,1H3,(H,12,13);1H. The summed E-state index contributed by atoms with van der Waals surface area (Å²) in [6.07, 6.45) is 5.67. The van der Waals surface area contributed by atoms with E-state index in [0.717, 1.165) is 13.1 Å². The second-order valence-corrected chi connectivity index (χ2v) is 3.87. The molecule has 1 fully saturated rings. The second kappa shape index (κ2) is 3.75. The molecular formula is C10H14ClNO2. The normalized spacial score (nSPS) is 34.4. The fraction of sp³-hybridized carbons (Fsp3) is 0.500. The number of hydrogen-bond acceptors (Lipinski definition) is 2. The van der Waals surface area contributed by atoms with Gasteiger partial charge in [-0.2, -0.15) is 0 Å². The van der Waals surface area contributed by atoms with Crippen molar-refractivity contribution in [1.29, 1.82) is 0 Å². The number of carbonyl (C=O) groups is 1. The molecule has 0 aromatic heterocycles. The van der Waals surface area contributed by atoms with Gasteiger partial charge in [-0.15, -0.1) is 12.4 Å². The molecule has 1 saturated heterocycles. The van der Waals surface area contributed by atoms with Gasteiger partial charge in [0.05, 0.1) is 5.41 Å². The Balaban J connectivity index is 0.000000980. The summed E-state index contributed by atoms with van der Waals surface area (Å²) in [6, 6.07) is 0. The van der Waals surface area contributed by atoms with Gasteiger partial charge in [0.1, 0.15) is 0 Å². The van der Waals surface area contributed by atoms with Crippen LogP contribution in [-0.4, -0.2) is 24.2 Å². The molecule has 3 nitrogen and oxygen atoms in total. The molecule has 2 rings (SSSR count). The SMILES string of the molecule is CC1(C(=O)O)C=CC=C2CNCC21.Cl. The van der Waals surface area contributed by atoms with Crippen molar-refractivity contribution in [3.05, 3.63) is 23.8 Å². The summed E-state index contributed by atoms with van der Waals surface area (Å²) in [4.78, 5) is 11.1. The quantitative estimate of drug-likeness (QED) is 0.692. The maximum Gasteiger partial charge on any atom is 0.313 e. The molecule has 1 heterocycles. The van der Waals surface area contributed by atoms with E-state index in [1.807, 2.05) is 12.2 Å². The number of allylic oxidation sites excluding steroid dienone is 2. The molecule has 1 aliphatic heterocycles. The van der Waals surface area contributed by atoms with Gasteiger partial charge in [-0.3, -0.25) is 4.79 Å². The van der Waals surface area contributed by atoms with E-state index in [-0.39, 0.29) is 18.3 Å². The zero-order valence-corrected chi connectivity index (χ0v) is 8.80. The fourth-order valence-corrected chi connectivity index (χ4v) is 2.10. The van der Waals surface area contributed by atoms with Crippen molar-refractivity contribution in [1.82, 2.24) is 5.32 Å². The van der Waals surface area contributed by atoms with Crippen LogP contribution in [0.15, 0.2) is 23.8 Å². The van der Waals surface area contributed by atoms with Crippen molar-refractivity contribution in [2.75, 3.05) is 13.1 Å². The molecular weight excluding hydrogens is 202 g/mol. The summed E-state index contributed by atoms with van der Waals surface area (Å²) < 4.78 is 0. The predicted molar refractivity (Wildman–Crippen MR) is 56.6 cm³/mol. The van der Waals surface area contributed by atoms with E-state index < -0.39 is 11.4 Å². The van der Waals surface area contributed by atoms with Crippen molar-refractivity contribution in [2.24, 2.45) is 11.3 Å². The Morgan fingerprint density at radius 2 is 2.43 bits per heavy atom. The summed E-state index contributed by atoms with van der Waals surface area (Å²) in [7, 11) is 0. The zero-order valence-electron chi connectivity index (χ0n) is 7.99. The Hall–Kier alpha value is -0.800. The molecule has 2 unspecified atom stereocenters. The van der Waals surface area contributed by atoms with Crippen molar-refractivity contribution in [2.45, 2.75) is 6.92 Å². The Labute approximate surface area is 89.3 Å². The molecule has 0 saturated carbocycles. The van der Waals surface area contributed by atoms with E-state index in [1.54, 1.807) is 13.0 Å². The van der Waals surface area contributed by atoms with Crippen LogP contribution in [0.1, 0.15) is 6.92 Å². The second-order valence-electron chi connectivity index (χ2n) is 3.87. The molecule has 0 aromatic carbocycles. The first kappa shape index (κ1) is 11.3. The third-order valence-electron chi connectivity index (χ3n) is 3.06. The van der Waals surface area contributed by atoms with Crippen LogP contribution in [0.2, 0.25) is 0 Å². The number of carboxylic acids is 1. The number of hydrogen-bond donors (Lipinski definition) is 2. The van der Waals surface area contributed by atoms with Crippen molar-refractivity contribution < 1.29 is 9.90 Å². The summed E-state index contributed by atoms with van der Waals surface area (Å²) in [6.45, 7) is 3.40. The maximum atomic E-state index is 11.1. The van der Waals surface area contributed by atoms with Crippen molar-refractivity contribution in [3.63, 3.8) is 0 Å². The number of nitrogens with one attached hydrogen (secondary N) is 1. The van der Waals surface area contributed by atoms with Crippen LogP contribution in [0.4, 0.5) is 0 Å². The van der Waals surface area contributed by atoms with Gasteiger partial charge in [-0.05, 0) is 6.92 Å². The maximum absolute atomic E-state index is 11.1. The lowest BCUT2D eigenvalue weighted by molar-refractivity contribution is -0.147. The van der Waals surface area contributed by atoms with Crippen LogP contribution in [0, 0.1) is 11.3 Å². The molecule has 0 aromatic rings. The number of rotatable bonds is 1. The molecule has 2 atom stereocenters. The minimum atomic E-state index is -0.733. The van der Waals surface area contributed by atoms with Crippen LogP contribution in [0.25, 0.3) is 0 Å². The topological polar surface area (TPSA) is 49.3 Å². The highest BCUT2D eigenvalue weighted by Gasteiger charge is 2.44. The van der Waals surface area contributed by atoms with Gasteiger partial charge in [0.15, 0.2) is 0 Å². The predicted octanol–water partition coefficient (Wildman–Crippen LogP) is 1.21. The first-order valence-electron chi connectivity index (χ1n) is 4.47. The molecule has 14 heavy (non-hydrogen) atoms. The summed E-state index contributed by atoms with van der Waals surface area (Å²) in [5, 5.41) is 12.3. The highest BCUT2D eigenvalue weighted by molar-refractivity contribution is 5.85. The van der Waals surface area contributed by atoms with Gasteiger partial charge >= 0.3 is 5.97 Å². The molecule has 4 heteroatoms. The molecule has 2 N–H and O–H groups in total. The van der Waals surface area contributed by atoms with E-state index in [0.29, 0.717) is 0 Å². The number of carboxylic acid groups (broad SMARTS) is 1. The third kappa shape index (κ3) is 1.47. The molecule has 1 aliphatic carbocycles. The fourth-order valence-electron chi connectivity index (χ4n) is 2.10. The van der Waals surface area contributed by atoms with Crippen molar-refractivity contribution >= 4 is 18.4 Å². The molecule has 0 spiro atoms. The Kier molecular flexibility index (Phi) is 3.02. The lowest BCUT2D eigenvalue weighted by Gasteiger charge is -2.30. The zero-order chi connectivity index (χ0) is 9.47. The van der Waals surface area contributed by atoms with Gasteiger partial charge in [0, 0.05) is 19.0 Å². The van der Waals surface area contributed by atoms with E-state index in [4.69, 9.17) is 5.11 Å². The average molecular weight is 216 g/mol. The minimum absolute atomic E-state index is 0. The highest BCUT2D eigenvalue weighted by atomic mass is 35.5. The van der Waals surface area contributed by atoms with Crippen LogP contribution < -0.4 is 5.32 Å². The number of fused-ring (bicyclic) bond motifs is 1. The number of aliphatic carboxylic acids is 1. The van der Waals surface area contributed by atoms with E-state index in [9.17, 15) is 4.79 Å². The van der Waals surface area contributed by atoms with Gasteiger partial charge in [0.25, 0.3) is 0 Å². The number of halogens is 1. The molecule has 78 valence electrons. The first-order chi connectivity index (χ1) is 6.14. The first-order valence-corrected chi connectivity index (χ1v) is 4.47. The van der Waals surface area contributed by atoms with Crippen LogP contribution in [0.5, 0.6) is 0 Å². The third-order valence-corrected chi connectivity index (χ3v) is 3.06. The van der Waals surface area contributed by atoms with Crippen molar-refractivity contribution in [3.8, 4) is 0 Å². The van der Waals surface area contributed by atoms with Gasteiger partial charge in [-0.1, -0.05) is 23.8 Å². The summed E-state index contributed by atoms with van der Waals surface area (Å²) >= 11 is 0. The average Bonchev–Trinajstić information content (AvgIpc) is 2.53. The molecule has 2 aliphatic rings. The molecule has 0 amide bonds. The largest absolute Gasteiger partial charge is 0.481 e. The van der Waals surface area contributed by atoms with Crippen LogP contribution in [0.3, 0.4) is 0 Å². The summed E-state index contributed by atoms with van der Waals surface area (Å²) in [5.74, 6) is -0.599. The molecule has 0 radical (unpaired) electrons. The lowest BCUT2D eigenvalue weighted by Crippen LogP contribution is -2.37. The summed E-state index contributed by atoms with van der Waals surface area (Å²) in [5.41, 5.74) is 0.500. The Morgan fingerprint density at radius 1 is 1.71 bits per heavy atom. The monoisotopic (exact) mass is 215 g/mol. The lowest BCUT2D eigenvalue weighted by atomic mass is 9.72. The van der Waals surface area contributed by atoms with E-state index >= 15 is 0 Å². The van der Waals surface area contributed by atoms with Crippen LogP contribution in [-0.2, 0) is 4.79 Å². The minimum Gasteiger partial charge on any atom is -0.481 e. The van der Waals surface area contributed by atoms with Gasteiger partial charge < -0.3 is 10.4 Å². The Bertz CT molecular complexity index is 311. The van der Waals surface area contributed by atoms with E-state index in [1.165, 1.54) is 5.57 Å². The Morgan fingerprint density at radius 3 is 3.07 bits per heavy atom. The molecule has 0 bridgehead atoms.